The van der Waals surface area contributed by atoms with Crippen molar-refractivity contribution >= 4 is 31.2 Å². The van der Waals surface area contributed by atoms with Gasteiger partial charge < -0.3 is 0 Å². The Balaban J connectivity index is 1.95. The minimum atomic E-state index is -3.54. The summed E-state index contributed by atoms with van der Waals surface area (Å²) >= 11 is 1.33. The van der Waals surface area contributed by atoms with Crippen molar-refractivity contribution in [3.05, 3.63) is 16.8 Å². The Morgan fingerprint density at radius 2 is 2.05 bits per heavy atom. The second kappa shape index (κ2) is 4.54. The average molecular weight is 321 g/mol. The van der Waals surface area contributed by atoms with Gasteiger partial charge in [-0.25, -0.2) is 16.8 Å². The lowest BCUT2D eigenvalue weighted by Crippen LogP contribution is -2.52. The Morgan fingerprint density at radius 1 is 1.32 bits per heavy atom. The highest BCUT2D eigenvalue weighted by molar-refractivity contribution is 7.92. The highest BCUT2D eigenvalue weighted by atomic mass is 32.2. The van der Waals surface area contributed by atoms with E-state index in [9.17, 15) is 16.8 Å². The third kappa shape index (κ3) is 2.58. The molecule has 0 radical (unpaired) electrons. The molecule has 5 nitrogen and oxygen atoms in total. The Hall–Kier alpha value is -0.440. The first-order valence-electron chi connectivity index (χ1n) is 6.15. The van der Waals surface area contributed by atoms with E-state index in [-0.39, 0.29) is 34.9 Å². The summed E-state index contributed by atoms with van der Waals surface area (Å²) in [6.07, 6.45) is 1.85. The molecule has 1 aromatic heterocycles. The zero-order chi connectivity index (χ0) is 13.7. The summed E-state index contributed by atoms with van der Waals surface area (Å²) in [5, 5.41) is 3.32. The molecule has 1 atom stereocenters. The molecule has 0 bridgehead atoms. The zero-order valence-corrected chi connectivity index (χ0v) is 12.7. The molecule has 106 valence electrons. The Morgan fingerprint density at radius 3 is 2.63 bits per heavy atom. The second-order valence-electron chi connectivity index (χ2n) is 5.09. The summed E-state index contributed by atoms with van der Waals surface area (Å²) in [5.74, 6) is 0.115. The molecule has 0 spiro atoms. The van der Waals surface area contributed by atoms with Gasteiger partial charge in [-0.3, -0.25) is 0 Å². The van der Waals surface area contributed by atoms with Crippen molar-refractivity contribution in [2.45, 2.75) is 23.8 Å². The van der Waals surface area contributed by atoms with E-state index in [0.717, 1.165) is 12.8 Å². The fraction of sp³-hybridized carbons (Fsp3) is 0.636. The van der Waals surface area contributed by atoms with Crippen molar-refractivity contribution in [1.82, 2.24) is 4.31 Å². The summed E-state index contributed by atoms with van der Waals surface area (Å²) in [7, 11) is -6.65. The molecule has 1 saturated heterocycles. The maximum absolute atomic E-state index is 12.5. The van der Waals surface area contributed by atoms with Crippen molar-refractivity contribution in [2.24, 2.45) is 5.92 Å². The predicted molar refractivity (Wildman–Crippen MR) is 73.4 cm³/mol. The first-order chi connectivity index (χ1) is 8.90. The quantitative estimate of drug-likeness (QED) is 0.831. The predicted octanol–water partition coefficient (Wildman–Crippen LogP) is 0.946. The first-order valence-corrected chi connectivity index (χ1v) is 10.3. The zero-order valence-electron chi connectivity index (χ0n) is 10.2. The maximum Gasteiger partial charge on any atom is 0.244 e. The molecule has 8 heteroatoms. The largest absolute Gasteiger partial charge is 0.244 e. The molecule has 19 heavy (non-hydrogen) atoms. The number of rotatable bonds is 3. The van der Waals surface area contributed by atoms with Crippen LogP contribution in [0.15, 0.2) is 21.7 Å². The molecule has 0 N–H and O–H groups in total. The van der Waals surface area contributed by atoms with Crippen LogP contribution in [-0.2, 0) is 19.9 Å². The van der Waals surface area contributed by atoms with Gasteiger partial charge in [-0.15, -0.1) is 0 Å². The van der Waals surface area contributed by atoms with E-state index in [2.05, 4.69) is 0 Å². The summed E-state index contributed by atoms with van der Waals surface area (Å²) in [4.78, 5) is 0.280. The first kappa shape index (κ1) is 13.5. The van der Waals surface area contributed by atoms with Crippen molar-refractivity contribution < 1.29 is 16.8 Å². The normalized spacial score (nSPS) is 28.3. The number of hydrogen-bond acceptors (Lipinski definition) is 5. The van der Waals surface area contributed by atoms with E-state index in [1.165, 1.54) is 15.6 Å². The lowest BCUT2D eigenvalue weighted by Gasteiger charge is -2.34. The third-order valence-electron chi connectivity index (χ3n) is 3.69. The van der Waals surface area contributed by atoms with E-state index >= 15 is 0 Å². The van der Waals surface area contributed by atoms with Crippen LogP contribution in [0, 0.1) is 5.92 Å². The lowest BCUT2D eigenvalue weighted by molar-refractivity contribution is 0.311. The van der Waals surface area contributed by atoms with Gasteiger partial charge in [0.1, 0.15) is 0 Å². The molecular weight excluding hydrogens is 306 g/mol. The van der Waals surface area contributed by atoms with Crippen LogP contribution in [0.5, 0.6) is 0 Å². The van der Waals surface area contributed by atoms with Crippen LogP contribution < -0.4 is 0 Å². The number of sulfonamides is 1. The molecule has 0 amide bonds. The molecular formula is C11H15NO4S3. The SMILES string of the molecule is O=S1(=O)CCN(S(=O)(=O)c2ccsc2)[C@H](C2CC2)C1. The molecule has 0 aromatic carbocycles. The molecule has 2 aliphatic rings. The number of thiophene rings is 1. The monoisotopic (exact) mass is 321 g/mol. The Kier molecular flexibility index (Phi) is 3.24. The fourth-order valence-corrected chi connectivity index (χ4v) is 7.03. The van der Waals surface area contributed by atoms with E-state index < -0.39 is 19.9 Å². The third-order valence-corrected chi connectivity index (χ3v) is 8.09. The van der Waals surface area contributed by atoms with Crippen LogP contribution in [0.3, 0.4) is 0 Å². The Bertz CT molecular complexity index is 659. The van der Waals surface area contributed by atoms with Crippen LogP contribution in [0.2, 0.25) is 0 Å². The standard InChI is InChI=1S/C11H15NO4S3/c13-18(14)6-4-12(11(8-18)9-1-2-9)19(15,16)10-3-5-17-7-10/h3,5,7,9,11H,1-2,4,6,8H2/t11-/m0/s1. The van der Waals surface area contributed by atoms with Crippen molar-refractivity contribution in [1.29, 1.82) is 0 Å². The minimum absolute atomic E-state index is 0.0268. The highest BCUT2D eigenvalue weighted by Crippen LogP contribution is 2.39. The van der Waals surface area contributed by atoms with E-state index in [1.54, 1.807) is 16.8 Å². The number of sulfone groups is 1. The van der Waals surface area contributed by atoms with E-state index in [1.807, 2.05) is 0 Å². The van der Waals surface area contributed by atoms with E-state index in [4.69, 9.17) is 0 Å². The molecule has 0 unspecified atom stereocenters. The molecule has 1 aromatic rings. The fourth-order valence-electron chi connectivity index (χ4n) is 2.51. The summed E-state index contributed by atoms with van der Waals surface area (Å²) < 4.78 is 50.0. The molecule has 1 saturated carbocycles. The van der Waals surface area contributed by atoms with Gasteiger partial charge in [0, 0.05) is 18.0 Å². The van der Waals surface area contributed by atoms with Gasteiger partial charge in [0.05, 0.1) is 16.4 Å². The van der Waals surface area contributed by atoms with Gasteiger partial charge in [-0.2, -0.15) is 15.6 Å². The van der Waals surface area contributed by atoms with Gasteiger partial charge in [-0.1, -0.05) is 0 Å². The van der Waals surface area contributed by atoms with Crippen molar-refractivity contribution in [3.63, 3.8) is 0 Å². The molecule has 1 aliphatic heterocycles. The van der Waals surface area contributed by atoms with Crippen LogP contribution in [0.4, 0.5) is 0 Å². The molecule has 2 fully saturated rings. The van der Waals surface area contributed by atoms with Gasteiger partial charge in [0.15, 0.2) is 9.84 Å². The van der Waals surface area contributed by atoms with Crippen LogP contribution in [0.25, 0.3) is 0 Å². The van der Waals surface area contributed by atoms with E-state index in [0.29, 0.717) is 0 Å². The number of hydrogen-bond donors (Lipinski definition) is 0. The highest BCUT2D eigenvalue weighted by Gasteiger charge is 2.46. The lowest BCUT2D eigenvalue weighted by atomic mass is 10.2. The summed E-state index contributed by atoms with van der Waals surface area (Å²) in [6, 6.07) is 1.20. The van der Waals surface area contributed by atoms with Gasteiger partial charge in [0.2, 0.25) is 10.0 Å². The van der Waals surface area contributed by atoms with Gasteiger partial charge in [0.25, 0.3) is 0 Å². The molecule has 2 heterocycles. The summed E-state index contributed by atoms with van der Waals surface area (Å²) in [5.41, 5.74) is 0. The van der Waals surface area contributed by atoms with Crippen LogP contribution in [-0.4, -0.2) is 45.2 Å². The smallest absolute Gasteiger partial charge is 0.229 e. The van der Waals surface area contributed by atoms with Crippen molar-refractivity contribution in [2.75, 3.05) is 18.1 Å². The topological polar surface area (TPSA) is 71.5 Å². The maximum atomic E-state index is 12.5. The second-order valence-corrected chi connectivity index (χ2v) is 9.99. The van der Waals surface area contributed by atoms with Crippen molar-refractivity contribution in [3.8, 4) is 0 Å². The van der Waals surface area contributed by atoms with Crippen LogP contribution >= 0.6 is 11.3 Å². The van der Waals surface area contributed by atoms with Crippen LogP contribution in [0.1, 0.15) is 12.8 Å². The number of nitrogens with zero attached hydrogens (tertiary/aromatic N) is 1. The average Bonchev–Trinajstić information content (AvgIpc) is 3.01. The molecule has 1 aliphatic carbocycles. The van der Waals surface area contributed by atoms with Gasteiger partial charge >= 0.3 is 0 Å². The molecule has 3 rings (SSSR count). The summed E-state index contributed by atoms with van der Waals surface area (Å²) in [6.45, 7) is 0.0850. The minimum Gasteiger partial charge on any atom is -0.229 e. The van der Waals surface area contributed by atoms with Gasteiger partial charge in [-0.05, 0) is 30.2 Å². The Labute approximate surface area is 117 Å².